The summed E-state index contributed by atoms with van der Waals surface area (Å²) >= 11 is 0. The number of nitrogens with zero attached hydrogens (tertiary/aromatic N) is 1. The average molecular weight is 447 g/mol. The molecule has 8 nitrogen and oxygen atoms in total. The summed E-state index contributed by atoms with van der Waals surface area (Å²) < 4.78 is 10.8. The van der Waals surface area contributed by atoms with E-state index in [-0.39, 0.29) is 11.9 Å². The largest absolute Gasteiger partial charge is 0.493 e. The molecule has 1 atom stereocenters. The van der Waals surface area contributed by atoms with Gasteiger partial charge in [0.25, 0.3) is 0 Å². The van der Waals surface area contributed by atoms with Crippen LogP contribution < -0.4 is 25.8 Å². The number of amides is 3. The first kappa shape index (κ1) is 24.2. The van der Waals surface area contributed by atoms with Crippen LogP contribution >= 0.6 is 0 Å². The molecule has 3 amide bonds. The van der Waals surface area contributed by atoms with Gasteiger partial charge < -0.3 is 30.7 Å². The van der Waals surface area contributed by atoms with Gasteiger partial charge in [0.1, 0.15) is 0 Å². The molecule has 0 bridgehead atoms. The molecule has 0 radical (unpaired) electrons. The molecule has 3 rings (SSSR count). The molecule has 0 saturated heterocycles. The molecule has 1 aliphatic heterocycles. The topological polar surface area (TPSA) is 106 Å². The van der Waals surface area contributed by atoms with Crippen LogP contribution in [-0.4, -0.2) is 56.2 Å². The fourth-order valence-electron chi connectivity index (χ4n) is 4.60. The number of benzene rings is 1. The van der Waals surface area contributed by atoms with Crippen LogP contribution in [0.1, 0.15) is 62.5 Å². The highest BCUT2D eigenvalue weighted by Crippen LogP contribution is 2.33. The second-order valence-electron chi connectivity index (χ2n) is 8.82. The Balaban J connectivity index is 1.37. The highest BCUT2D eigenvalue weighted by molar-refractivity contribution is 5.82. The van der Waals surface area contributed by atoms with Crippen molar-refractivity contribution in [3.63, 3.8) is 0 Å². The van der Waals surface area contributed by atoms with E-state index in [1.54, 1.807) is 14.2 Å². The molecule has 32 heavy (non-hydrogen) atoms. The van der Waals surface area contributed by atoms with Crippen molar-refractivity contribution in [2.24, 2.45) is 5.73 Å². The van der Waals surface area contributed by atoms with Crippen molar-refractivity contribution in [1.82, 2.24) is 15.5 Å². The number of carbonyl (C=O) groups is 2. The van der Waals surface area contributed by atoms with Gasteiger partial charge in [-0.05, 0) is 61.8 Å². The Bertz CT molecular complexity index is 780. The van der Waals surface area contributed by atoms with E-state index in [1.165, 1.54) is 24.8 Å². The number of hydrogen-bond donors (Lipinski definition) is 3. The minimum Gasteiger partial charge on any atom is -0.493 e. The molecule has 1 saturated carbocycles. The van der Waals surface area contributed by atoms with Crippen molar-refractivity contribution in [2.75, 3.05) is 27.3 Å². The van der Waals surface area contributed by atoms with Gasteiger partial charge in [-0.3, -0.25) is 4.79 Å². The maximum Gasteiger partial charge on any atom is 0.315 e. The predicted molar refractivity (Wildman–Crippen MR) is 124 cm³/mol. The Morgan fingerprint density at radius 2 is 1.78 bits per heavy atom. The Hall–Kier alpha value is -2.48. The first-order valence-corrected chi connectivity index (χ1v) is 11.8. The number of unbranched alkanes of at least 4 members (excludes halogenated alkanes) is 1. The van der Waals surface area contributed by atoms with Crippen molar-refractivity contribution in [3.05, 3.63) is 23.3 Å². The van der Waals surface area contributed by atoms with Gasteiger partial charge in [0.05, 0.1) is 20.3 Å². The summed E-state index contributed by atoms with van der Waals surface area (Å²) in [6.45, 7) is 1.78. The van der Waals surface area contributed by atoms with Gasteiger partial charge in [-0.2, -0.15) is 0 Å². The molecule has 1 aliphatic carbocycles. The lowest BCUT2D eigenvalue weighted by molar-refractivity contribution is -0.133. The third-order valence-electron chi connectivity index (χ3n) is 6.51. The number of urea groups is 1. The predicted octanol–water partition coefficient (Wildman–Crippen LogP) is 2.72. The zero-order valence-corrected chi connectivity index (χ0v) is 19.5. The standard InChI is InChI=1S/C24H38N4O4/c1-31-21-14-17-11-13-28(16-18(17)15-22(21)32-2)23(29)20(25)10-6-7-12-26-24(30)27-19-8-4-3-5-9-19/h14-15,19-20H,3-13,16,25H2,1-2H3,(H2,26,27,30). The van der Waals surface area contributed by atoms with E-state index in [1.807, 2.05) is 17.0 Å². The summed E-state index contributed by atoms with van der Waals surface area (Å²) in [6, 6.07) is 3.64. The van der Waals surface area contributed by atoms with Crippen LogP contribution in [0.5, 0.6) is 11.5 Å². The lowest BCUT2D eigenvalue weighted by Crippen LogP contribution is -2.46. The zero-order valence-electron chi connectivity index (χ0n) is 19.5. The molecule has 0 aromatic heterocycles. The van der Waals surface area contributed by atoms with Gasteiger partial charge in [-0.25, -0.2) is 4.79 Å². The molecule has 1 aromatic rings. The van der Waals surface area contributed by atoms with Crippen LogP contribution in [0.25, 0.3) is 0 Å². The Morgan fingerprint density at radius 1 is 1.09 bits per heavy atom. The second-order valence-corrected chi connectivity index (χ2v) is 8.82. The number of rotatable bonds is 9. The third kappa shape index (κ3) is 6.51. The minimum absolute atomic E-state index is 0.0200. The Morgan fingerprint density at radius 3 is 2.47 bits per heavy atom. The number of nitrogens with two attached hydrogens (primary N) is 1. The van der Waals surface area contributed by atoms with Crippen molar-refractivity contribution < 1.29 is 19.1 Å². The molecule has 0 spiro atoms. The smallest absolute Gasteiger partial charge is 0.315 e. The maximum absolute atomic E-state index is 12.8. The molecule has 1 fully saturated rings. The van der Waals surface area contributed by atoms with Crippen LogP contribution in [0.2, 0.25) is 0 Å². The third-order valence-corrected chi connectivity index (χ3v) is 6.51. The van der Waals surface area contributed by atoms with Crippen LogP contribution in [0, 0.1) is 0 Å². The average Bonchev–Trinajstić information content (AvgIpc) is 2.82. The van der Waals surface area contributed by atoms with Crippen molar-refractivity contribution in [1.29, 1.82) is 0 Å². The van der Waals surface area contributed by atoms with Crippen molar-refractivity contribution in [2.45, 2.75) is 76.4 Å². The fraction of sp³-hybridized carbons (Fsp3) is 0.667. The van der Waals surface area contributed by atoms with Gasteiger partial charge in [0.2, 0.25) is 5.91 Å². The first-order valence-electron chi connectivity index (χ1n) is 11.8. The maximum atomic E-state index is 12.8. The summed E-state index contributed by atoms with van der Waals surface area (Å²) in [6.07, 6.45) is 8.80. The second kappa shape index (κ2) is 11.9. The van der Waals surface area contributed by atoms with E-state index in [2.05, 4.69) is 10.6 Å². The lowest BCUT2D eigenvalue weighted by atomic mass is 9.96. The van der Waals surface area contributed by atoms with Gasteiger partial charge in [0.15, 0.2) is 11.5 Å². The van der Waals surface area contributed by atoms with Crippen molar-refractivity contribution >= 4 is 11.9 Å². The van der Waals surface area contributed by atoms with E-state index in [0.29, 0.717) is 43.6 Å². The first-order chi connectivity index (χ1) is 15.5. The monoisotopic (exact) mass is 446 g/mol. The lowest BCUT2D eigenvalue weighted by Gasteiger charge is -2.31. The molecular formula is C24H38N4O4. The number of hydrogen-bond acceptors (Lipinski definition) is 5. The number of carbonyl (C=O) groups excluding carboxylic acids is 2. The van der Waals surface area contributed by atoms with Gasteiger partial charge in [-0.1, -0.05) is 19.3 Å². The van der Waals surface area contributed by atoms with Crippen LogP contribution in [0.15, 0.2) is 12.1 Å². The van der Waals surface area contributed by atoms with E-state index in [4.69, 9.17) is 15.2 Å². The number of fused-ring (bicyclic) bond motifs is 1. The summed E-state index contributed by atoms with van der Waals surface area (Å²) in [4.78, 5) is 26.7. The van der Waals surface area contributed by atoms with E-state index in [9.17, 15) is 9.59 Å². The number of nitrogens with one attached hydrogen (secondary N) is 2. The summed E-state index contributed by atoms with van der Waals surface area (Å²) in [5.41, 5.74) is 8.45. The van der Waals surface area contributed by atoms with Crippen molar-refractivity contribution in [3.8, 4) is 11.5 Å². The van der Waals surface area contributed by atoms with Gasteiger partial charge in [-0.15, -0.1) is 0 Å². The van der Waals surface area contributed by atoms with E-state index in [0.717, 1.165) is 37.7 Å². The summed E-state index contributed by atoms with van der Waals surface area (Å²) in [5, 5.41) is 5.97. The van der Waals surface area contributed by atoms with Gasteiger partial charge >= 0.3 is 6.03 Å². The SMILES string of the molecule is COc1cc2c(cc1OC)CN(C(=O)C(N)CCCCNC(=O)NC1CCCCC1)CC2. The molecule has 1 aromatic carbocycles. The highest BCUT2D eigenvalue weighted by atomic mass is 16.5. The van der Waals surface area contributed by atoms with Crippen LogP contribution in [0.3, 0.4) is 0 Å². The number of ether oxygens (including phenoxy) is 2. The molecule has 8 heteroatoms. The van der Waals surface area contributed by atoms with Crippen LogP contribution in [-0.2, 0) is 17.8 Å². The molecule has 178 valence electrons. The van der Waals surface area contributed by atoms with Crippen LogP contribution in [0.4, 0.5) is 4.79 Å². The normalized spacial score (nSPS) is 17.3. The number of methoxy groups -OCH3 is 2. The molecule has 1 heterocycles. The molecular weight excluding hydrogens is 408 g/mol. The molecule has 4 N–H and O–H groups in total. The summed E-state index contributed by atoms with van der Waals surface area (Å²) in [7, 11) is 3.24. The Labute approximate surface area is 191 Å². The summed E-state index contributed by atoms with van der Waals surface area (Å²) in [5.74, 6) is 1.36. The van der Waals surface area contributed by atoms with E-state index < -0.39 is 6.04 Å². The zero-order chi connectivity index (χ0) is 22.9. The molecule has 2 aliphatic rings. The fourth-order valence-corrected chi connectivity index (χ4v) is 4.60. The van der Waals surface area contributed by atoms with E-state index >= 15 is 0 Å². The highest BCUT2D eigenvalue weighted by Gasteiger charge is 2.26. The van der Waals surface area contributed by atoms with Gasteiger partial charge in [0, 0.05) is 25.7 Å². The molecule has 1 unspecified atom stereocenters. The Kier molecular flexibility index (Phi) is 9.02. The minimum atomic E-state index is -0.521. The quantitative estimate of drug-likeness (QED) is 0.506.